The van der Waals surface area contributed by atoms with Crippen molar-refractivity contribution >= 4 is 5.82 Å². The fourth-order valence-corrected chi connectivity index (χ4v) is 4.34. The molecule has 0 amide bonds. The highest BCUT2D eigenvalue weighted by molar-refractivity contribution is 5.58. The summed E-state index contributed by atoms with van der Waals surface area (Å²) < 4.78 is 0. The standard InChI is InChI=1S/C19H25N7/c1-2-7-21-17(3-1)18-23-16-5-9-20-8-4-14(16)19(24-18)26-10-6-15-13(12-26)11-22-25-15/h1-3,7,13,15,20,22,25H,4-6,8-12H2. The monoisotopic (exact) mass is 351 g/mol. The Balaban J connectivity index is 1.56. The van der Waals surface area contributed by atoms with Crippen molar-refractivity contribution in [2.75, 3.05) is 37.6 Å². The van der Waals surface area contributed by atoms with Crippen molar-refractivity contribution < 1.29 is 0 Å². The molecule has 3 aliphatic rings. The number of fused-ring (bicyclic) bond motifs is 2. The molecule has 136 valence electrons. The van der Waals surface area contributed by atoms with Gasteiger partial charge >= 0.3 is 0 Å². The first-order valence-electron chi connectivity index (χ1n) is 9.64. The second-order valence-electron chi connectivity index (χ2n) is 7.39. The van der Waals surface area contributed by atoms with Gasteiger partial charge in [-0.15, -0.1) is 0 Å². The second-order valence-corrected chi connectivity index (χ2v) is 7.39. The third kappa shape index (κ3) is 2.96. The van der Waals surface area contributed by atoms with Gasteiger partial charge in [0, 0.05) is 56.3 Å². The van der Waals surface area contributed by atoms with Crippen LogP contribution < -0.4 is 21.1 Å². The molecule has 0 aliphatic carbocycles. The van der Waals surface area contributed by atoms with E-state index in [1.807, 2.05) is 24.4 Å². The average Bonchev–Trinajstić information content (AvgIpc) is 3.03. The maximum Gasteiger partial charge on any atom is 0.180 e. The Labute approximate surface area is 153 Å². The first kappa shape index (κ1) is 16.1. The minimum absolute atomic E-state index is 0.587. The van der Waals surface area contributed by atoms with E-state index in [0.29, 0.717) is 12.0 Å². The first-order valence-corrected chi connectivity index (χ1v) is 9.64. The summed E-state index contributed by atoms with van der Waals surface area (Å²) in [5, 5.41) is 3.50. The summed E-state index contributed by atoms with van der Waals surface area (Å²) in [6.07, 6.45) is 4.91. The number of hydrazine groups is 1. The number of anilines is 1. The van der Waals surface area contributed by atoms with Crippen LogP contribution in [-0.4, -0.2) is 53.7 Å². The van der Waals surface area contributed by atoms with Crippen LogP contribution in [0.25, 0.3) is 11.5 Å². The maximum absolute atomic E-state index is 5.02. The molecule has 5 heterocycles. The molecule has 0 aromatic carbocycles. The maximum atomic E-state index is 5.02. The largest absolute Gasteiger partial charge is 0.356 e. The van der Waals surface area contributed by atoms with Gasteiger partial charge in [0.05, 0.1) is 5.69 Å². The first-order chi connectivity index (χ1) is 12.9. The summed E-state index contributed by atoms with van der Waals surface area (Å²) in [6.45, 7) is 5.08. The van der Waals surface area contributed by atoms with E-state index in [2.05, 4.69) is 26.1 Å². The normalized spacial score (nSPS) is 25.5. The lowest BCUT2D eigenvalue weighted by Crippen LogP contribution is -2.46. The molecule has 5 rings (SSSR count). The minimum Gasteiger partial charge on any atom is -0.356 e. The van der Waals surface area contributed by atoms with Crippen LogP contribution in [0, 0.1) is 5.92 Å². The predicted octanol–water partition coefficient (Wildman–Crippen LogP) is 0.530. The van der Waals surface area contributed by atoms with Crippen LogP contribution in [0.3, 0.4) is 0 Å². The molecule has 0 saturated carbocycles. The molecule has 2 atom stereocenters. The van der Waals surface area contributed by atoms with Crippen molar-refractivity contribution in [2.24, 2.45) is 5.92 Å². The smallest absolute Gasteiger partial charge is 0.180 e. The molecule has 0 bridgehead atoms. The minimum atomic E-state index is 0.587. The van der Waals surface area contributed by atoms with E-state index in [1.54, 1.807) is 0 Å². The van der Waals surface area contributed by atoms with Crippen LogP contribution in [0.2, 0.25) is 0 Å². The molecule has 3 N–H and O–H groups in total. The summed E-state index contributed by atoms with van der Waals surface area (Å²) in [6, 6.07) is 6.52. The van der Waals surface area contributed by atoms with E-state index in [4.69, 9.17) is 9.97 Å². The topological polar surface area (TPSA) is 78.0 Å². The van der Waals surface area contributed by atoms with Gasteiger partial charge in [-0.2, -0.15) is 0 Å². The van der Waals surface area contributed by atoms with E-state index in [1.165, 1.54) is 11.3 Å². The Hall–Kier alpha value is -2.09. The fraction of sp³-hybridized carbons (Fsp3) is 0.526. The molecule has 0 radical (unpaired) electrons. The van der Waals surface area contributed by atoms with Gasteiger partial charge in [-0.25, -0.2) is 9.97 Å². The van der Waals surface area contributed by atoms with E-state index < -0.39 is 0 Å². The zero-order chi connectivity index (χ0) is 17.3. The molecule has 2 saturated heterocycles. The number of nitrogens with zero attached hydrogens (tertiary/aromatic N) is 4. The highest BCUT2D eigenvalue weighted by atomic mass is 15.4. The molecule has 26 heavy (non-hydrogen) atoms. The van der Waals surface area contributed by atoms with Gasteiger partial charge < -0.3 is 10.2 Å². The SMILES string of the molecule is c1ccc(-c2nc3c(c(N4CCC5NNCC5C4)n2)CCNCC3)nc1. The average molecular weight is 351 g/mol. The van der Waals surface area contributed by atoms with Gasteiger partial charge in [-0.05, 0) is 31.5 Å². The fourth-order valence-electron chi connectivity index (χ4n) is 4.34. The van der Waals surface area contributed by atoms with Crippen molar-refractivity contribution in [3.05, 3.63) is 35.7 Å². The lowest BCUT2D eigenvalue weighted by molar-refractivity contribution is 0.382. The summed E-state index contributed by atoms with van der Waals surface area (Å²) >= 11 is 0. The Morgan fingerprint density at radius 1 is 1.12 bits per heavy atom. The zero-order valence-corrected chi connectivity index (χ0v) is 14.9. The third-order valence-electron chi connectivity index (χ3n) is 5.74. The number of hydrogen-bond donors (Lipinski definition) is 3. The van der Waals surface area contributed by atoms with Crippen LogP contribution in [0.1, 0.15) is 17.7 Å². The Bertz CT molecular complexity index is 779. The highest BCUT2D eigenvalue weighted by Gasteiger charge is 2.34. The number of hydrogen-bond acceptors (Lipinski definition) is 7. The van der Waals surface area contributed by atoms with Crippen LogP contribution in [0.4, 0.5) is 5.82 Å². The second kappa shape index (κ2) is 6.90. The van der Waals surface area contributed by atoms with Gasteiger partial charge in [0.15, 0.2) is 5.82 Å². The number of pyridine rings is 1. The lowest BCUT2D eigenvalue weighted by atomic mass is 9.93. The molecule has 2 unspecified atom stereocenters. The van der Waals surface area contributed by atoms with Crippen LogP contribution >= 0.6 is 0 Å². The number of rotatable bonds is 2. The third-order valence-corrected chi connectivity index (χ3v) is 5.74. The molecule has 2 fully saturated rings. The number of piperidine rings is 1. The molecule has 0 spiro atoms. The van der Waals surface area contributed by atoms with Crippen molar-refractivity contribution in [3.63, 3.8) is 0 Å². The Morgan fingerprint density at radius 2 is 2.08 bits per heavy atom. The molecule has 2 aromatic rings. The van der Waals surface area contributed by atoms with E-state index in [9.17, 15) is 0 Å². The van der Waals surface area contributed by atoms with Crippen molar-refractivity contribution in [1.29, 1.82) is 0 Å². The number of nitrogens with one attached hydrogen (secondary N) is 3. The predicted molar refractivity (Wildman–Crippen MR) is 101 cm³/mol. The molecule has 7 nitrogen and oxygen atoms in total. The molecule has 3 aliphatic heterocycles. The summed E-state index contributed by atoms with van der Waals surface area (Å²) in [5.41, 5.74) is 10.1. The number of aromatic nitrogens is 3. The van der Waals surface area contributed by atoms with Gasteiger partial charge in [0.1, 0.15) is 11.5 Å². The van der Waals surface area contributed by atoms with Crippen LogP contribution in [0.15, 0.2) is 24.4 Å². The molecule has 2 aromatic heterocycles. The van der Waals surface area contributed by atoms with Crippen molar-refractivity contribution in [3.8, 4) is 11.5 Å². The molecule has 7 heteroatoms. The van der Waals surface area contributed by atoms with Crippen molar-refractivity contribution in [1.82, 2.24) is 31.1 Å². The summed E-state index contributed by atoms with van der Waals surface area (Å²) in [4.78, 5) is 16.9. The lowest BCUT2D eigenvalue weighted by Gasteiger charge is -2.36. The van der Waals surface area contributed by atoms with Crippen molar-refractivity contribution in [2.45, 2.75) is 25.3 Å². The highest BCUT2D eigenvalue weighted by Crippen LogP contribution is 2.30. The van der Waals surface area contributed by atoms with Crippen LogP contribution in [-0.2, 0) is 12.8 Å². The van der Waals surface area contributed by atoms with E-state index in [-0.39, 0.29) is 0 Å². The Kier molecular flexibility index (Phi) is 4.28. The van der Waals surface area contributed by atoms with E-state index in [0.717, 1.165) is 69.3 Å². The van der Waals surface area contributed by atoms with Gasteiger partial charge in [0.2, 0.25) is 0 Å². The zero-order valence-electron chi connectivity index (χ0n) is 14.9. The van der Waals surface area contributed by atoms with Gasteiger partial charge in [0.25, 0.3) is 0 Å². The van der Waals surface area contributed by atoms with Gasteiger partial charge in [-0.3, -0.25) is 15.8 Å². The molecular formula is C19H25N7. The quantitative estimate of drug-likeness (QED) is 0.728. The van der Waals surface area contributed by atoms with E-state index >= 15 is 0 Å². The van der Waals surface area contributed by atoms with Gasteiger partial charge in [-0.1, -0.05) is 6.07 Å². The summed E-state index contributed by atoms with van der Waals surface area (Å²) in [5.74, 6) is 2.52. The van der Waals surface area contributed by atoms with Crippen LogP contribution in [0.5, 0.6) is 0 Å². The Morgan fingerprint density at radius 3 is 3.00 bits per heavy atom. The molecular weight excluding hydrogens is 326 g/mol. The summed E-state index contributed by atoms with van der Waals surface area (Å²) in [7, 11) is 0.